The van der Waals surface area contributed by atoms with E-state index in [0.29, 0.717) is 13.0 Å². The minimum atomic E-state index is -5.02. The Morgan fingerprint density at radius 3 is 2.42 bits per heavy atom. The van der Waals surface area contributed by atoms with Crippen molar-refractivity contribution in [1.82, 2.24) is 15.1 Å². The quantitative estimate of drug-likeness (QED) is 0.530. The number of pyridine rings is 1. The van der Waals surface area contributed by atoms with Gasteiger partial charge in [-0.3, -0.25) is 0 Å². The van der Waals surface area contributed by atoms with Gasteiger partial charge in [0.25, 0.3) is 5.89 Å². The van der Waals surface area contributed by atoms with Crippen LogP contribution in [-0.2, 0) is 6.18 Å². The van der Waals surface area contributed by atoms with Gasteiger partial charge < -0.3 is 14.6 Å². The first-order valence-corrected chi connectivity index (χ1v) is 8.52. The molecule has 0 unspecified atom stereocenters. The van der Waals surface area contributed by atoms with Crippen LogP contribution in [0.15, 0.2) is 35.0 Å². The number of halogens is 7. The van der Waals surface area contributed by atoms with Crippen LogP contribution in [0.4, 0.5) is 36.6 Å². The third-order valence-electron chi connectivity index (χ3n) is 4.05. The summed E-state index contributed by atoms with van der Waals surface area (Å²) in [5, 5.41) is 6.29. The molecule has 0 saturated heterocycles. The van der Waals surface area contributed by atoms with Gasteiger partial charge in [-0.1, -0.05) is 5.16 Å². The molecule has 166 valence electrons. The van der Waals surface area contributed by atoms with Crippen LogP contribution in [0.5, 0.6) is 5.75 Å². The Morgan fingerprint density at radius 2 is 1.81 bits per heavy atom. The number of alkyl halides is 6. The zero-order valence-corrected chi connectivity index (χ0v) is 15.8. The lowest BCUT2D eigenvalue weighted by atomic mass is 10.1. The highest BCUT2D eigenvalue weighted by Gasteiger charge is 2.41. The molecule has 0 fully saturated rings. The topological polar surface area (TPSA) is 73.1 Å². The second-order valence-electron chi connectivity index (χ2n) is 6.23. The Kier molecular flexibility index (Phi) is 5.79. The van der Waals surface area contributed by atoms with Crippen LogP contribution in [0.2, 0.25) is 0 Å². The highest BCUT2D eigenvalue weighted by atomic mass is 19.4. The molecule has 1 N–H and O–H groups in total. The van der Waals surface area contributed by atoms with Gasteiger partial charge in [-0.25, -0.2) is 9.37 Å². The lowest BCUT2D eigenvalue weighted by Crippen LogP contribution is -2.31. The van der Waals surface area contributed by atoms with Crippen molar-refractivity contribution >= 4 is 5.82 Å². The van der Waals surface area contributed by atoms with E-state index in [9.17, 15) is 30.7 Å². The molecular formula is C18H13F7N4O2. The summed E-state index contributed by atoms with van der Waals surface area (Å²) in [7, 11) is 1.50. The van der Waals surface area contributed by atoms with Gasteiger partial charge in [-0.2, -0.15) is 31.3 Å². The summed E-state index contributed by atoms with van der Waals surface area (Å²) < 4.78 is 101. The van der Waals surface area contributed by atoms with Crippen molar-refractivity contribution < 1.29 is 40.0 Å². The summed E-state index contributed by atoms with van der Waals surface area (Å²) in [5.74, 6) is -2.06. The van der Waals surface area contributed by atoms with Crippen molar-refractivity contribution in [3.05, 3.63) is 41.8 Å². The molecule has 0 aliphatic heterocycles. The second kappa shape index (κ2) is 8.04. The molecule has 0 amide bonds. The van der Waals surface area contributed by atoms with Crippen molar-refractivity contribution in [2.24, 2.45) is 0 Å². The smallest absolute Gasteiger partial charge is 0.425 e. The van der Waals surface area contributed by atoms with E-state index in [1.807, 2.05) is 0 Å². The van der Waals surface area contributed by atoms with Crippen LogP contribution in [-0.4, -0.2) is 34.5 Å². The van der Waals surface area contributed by atoms with E-state index in [2.05, 4.69) is 25.2 Å². The standard InChI is InChI=1S/C18H13F7N4O2/c1-8(17(20,21)22)30-13-4-3-9(5-12(13)18(23,24)25)16-28-15(29-31-16)11-6-10(19)7-27-14(11)26-2/h3-8H,1-2H3,(H,26,27)/t8-/m0/s1. The SMILES string of the molecule is CNc1ncc(F)cc1-c1noc(-c2ccc(O[C@@H](C)C(F)(F)F)c(C(F)(F)F)c2)n1. The first-order valence-electron chi connectivity index (χ1n) is 8.52. The molecule has 1 aromatic carbocycles. The number of nitrogens with zero attached hydrogens (tertiary/aromatic N) is 3. The Balaban J connectivity index is 2.01. The van der Waals surface area contributed by atoms with Crippen molar-refractivity contribution in [1.29, 1.82) is 0 Å². The van der Waals surface area contributed by atoms with Crippen LogP contribution in [0, 0.1) is 5.82 Å². The predicted molar refractivity (Wildman–Crippen MR) is 93.6 cm³/mol. The molecule has 0 aliphatic carbocycles. The van der Waals surface area contributed by atoms with Crippen molar-refractivity contribution in [2.75, 3.05) is 12.4 Å². The summed E-state index contributed by atoms with van der Waals surface area (Å²) in [6.07, 6.45) is -11.4. The van der Waals surface area contributed by atoms with E-state index >= 15 is 0 Å². The fourth-order valence-electron chi connectivity index (χ4n) is 2.50. The number of aromatic nitrogens is 3. The summed E-state index contributed by atoms with van der Waals surface area (Å²) in [4.78, 5) is 7.74. The Hall–Kier alpha value is -3.38. The summed E-state index contributed by atoms with van der Waals surface area (Å²) in [5.41, 5.74) is -1.59. The van der Waals surface area contributed by atoms with Crippen LogP contribution >= 0.6 is 0 Å². The van der Waals surface area contributed by atoms with E-state index in [-0.39, 0.29) is 28.7 Å². The van der Waals surface area contributed by atoms with Crippen molar-refractivity contribution in [2.45, 2.75) is 25.4 Å². The molecule has 0 saturated carbocycles. The molecule has 2 heterocycles. The van der Waals surface area contributed by atoms with Crippen LogP contribution in [0.25, 0.3) is 22.8 Å². The number of nitrogens with one attached hydrogen (secondary N) is 1. The maximum atomic E-state index is 13.5. The highest BCUT2D eigenvalue weighted by Crippen LogP contribution is 2.40. The maximum Gasteiger partial charge on any atom is 0.425 e. The van der Waals surface area contributed by atoms with Crippen LogP contribution < -0.4 is 10.1 Å². The third-order valence-corrected chi connectivity index (χ3v) is 4.05. The molecular weight excluding hydrogens is 437 g/mol. The Bertz CT molecular complexity index is 1080. The van der Waals surface area contributed by atoms with E-state index < -0.39 is 35.6 Å². The number of anilines is 1. The molecule has 0 spiro atoms. The molecule has 6 nitrogen and oxygen atoms in total. The molecule has 2 aromatic heterocycles. The number of hydrogen-bond acceptors (Lipinski definition) is 6. The van der Waals surface area contributed by atoms with Crippen molar-refractivity contribution in [3.8, 4) is 28.6 Å². The summed E-state index contributed by atoms with van der Waals surface area (Å²) in [6, 6.07) is 3.34. The van der Waals surface area contributed by atoms with Crippen molar-refractivity contribution in [3.63, 3.8) is 0 Å². The summed E-state index contributed by atoms with van der Waals surface area (Å²) >= 11 is 0. The average molecular weight is 450 g/mol. The fourth-order valence-corrected chi connectivity index (χ4v) is 2.50. The van der Waals surface area contributed by atoms with Gasteiger partial charge in [-0.15, -0.1) is 0 Å². The Morgan fingerprint density at radius 1 is 1.10 bits per heavy atom. The van der Waals surface area contributed by atoms with Gasteiger partial charge in [0.05, 0.1) is 17.3 Å². The number of ether oxygens (including phenoxy) is 1. The lowest BCUT2D eigenvalue weighted by Gasteiger charge is -2.20. The van der Waals surface area contributed by atoms with E-state index in [1.165, 1.54) is 7.05 Å². The Labute approximate surface area is 170 Å². The second-order valence-corrected chi connectivity index (χ2v) is 6.23. The van der Waals surface area contributed by atoms with E-state index in [0.717, 1.165) is 24.4 Å². The summed E-state index contributed by atoms with van der Waals surface area (Å²) in [6.45, 7) is 0.588. The van der Waals surface area contributed by atoms with Gasteiger partial charge in [0.15, 0.2) is 6.10 Å². The highest BCUT2D eigenvalue weighted by molar-refractivity contribution is 5.71. The van der Waals surface area contributed by atoms with Gasteiger partial charge in [0, 0.05) is 12.6 Å². The number of hydrogen-bond donors (Lipinski definition) is 1. The van der Waals surface area contributed by atoms with E-state index in [1.54, 1.807) is 0 Å². The first-order chi connectivity index (χ1) is 14.4. The van der Waals surface area contributed by atoms with E-state index in [4.69, 9.17) is 4.52 Å². The molecule has 3 rings (SSSR count). The minimum Gasteiger partial charge on any atom is -0.481 e. The largest absolute Gasteiger partial charge is 0.481 e. The number of rotatable bonds is 5. The minimum absolute atomic E-state index is 0.0903. The first kappa shape index (κ1) is 22.3. The normalized spacial score (nSPS) is 13.2. The zero-order chi connectivity index (χ0) is 23.0. The maximum absolute atomic E-state index is 13.5. The van der Waals surface area contributed by atoms with Crippen LogP contribution in [0.1, 0.15) is 12.5 Å². The monoisotopic (exact) mass is 450 g/mol. The molecule has 31 heavy (non-hydrogen) atoms. The third kappa shape index (κ3) is 4.86. The molecule has 0 radical (unpaired) electrons. The average Bonchev–Trinajstić information content (AvgIpc) is 3.16. The lowest BCUT2D eigenvalue weighted by molar-refractivity contribution is -0.191. The van der Waals surface area contributed by atoms with Gasteiger partial charge >= 0.3 is 12.4 Å². The van der Waals surface area contributed by atoms with Gasteiger partial charge in [0.2, 0.25) is 5.82 Å². The molecule has 3 aromatic rings. The molecule has 0 aliphatic rings. The fraction of sp³-hybridized carbons (Fsp3) is 0.278. The van der Waals surface area contributed by atoms with Gasteiger partial charge in [-0.05, 0) is 31.2 Å². The molecule has 13 heteroatoms. The molecule has 1 atom stereocenters. The van der Waals surface area contributed by atoms with Gasteiger partial charge in [0.1, 0.15) is 17.4 Å². The predicted octanol–water partition coefficient (Wildman–Crippen LogP) is 5.33. The zero-order valence-electron chi connectivity index (χ0n) is 15.8. The molecule has 0 bridgehead atoms. The number of benzene rings is 1. The van der Waals surface area contributed by atoms with Crippen LogP contribution in [0.3, 0.4) is 0 Å².